The van der Waals surface area contributed by atoms with E-state index in [0.29, 0.717) is 17.7 Å². The average Bonchev–Trinajstić information content (AvgIpc) is 2.98. The van der Waals surface area contributed by atoms with Crippen LogP contribution in [0, 0.1) is 5.92 Å². The summed E-state index contributed by atoms with van der Waals surface area (Å²) in [6.07, 6.45) is 5.16. The quantitative estimate of drug-likeness (QED) is 0.899. The highest BCUT2D eigenvalue weighted by Gasteiger charge is 2.33. The van der Waals surface area contributed by atoms with Crippen molar-refractivity contribution in [1.82, 2.24) is 10.2 Å². The van der Waals surface area contributed by atoms with Gasteiger partial charge in [0.25, 0.3) is 0 Å². The summed E-state index contributed by atoms with van der Waals surface area (Å²) in [7, 11) is 0. The van der Waals surface area contributed by atoms with Gasteiger partial charge in [-0.3, -0.25) is 4.90 Å². The maximum absolute atomic E-state index is 10.3. The molecule has 0 bridgehead atoms. The highest BCUT2D eigenvalue weighted by molar-refractivity contribution is 6.30. The minimum absolute atomic E-state index is 0.318. The van der Waals surface area contributed by atoms with Crippen LogP contribution in [0.15, 0.2) is 18.2 Å². The lowest BCUT2D eigenvalue weighted by molar-refractivity contribution is 0.123. The Morgan fingerprint density at radius 1 is 1.20 bits per heavy atom. The van der Waals surface area contributed by atoms with Crippen molar-refractivity contribution in [2.24, 2.45) is 5.92 Å². The van der Waals surface area contributed by atoms with Crippen molar-refractivity contribution in [1.29, 1.82) is 0 Å². The highest BCUT2D eigenvalue weighted by atomic mass is 35.5. The molecule has 2 N–H and O–H groups in total. The number of hydrogen-bond acceptors (Lipinski definition) is 3. The summed E-state index contributed by atoms with van der Waals surface area (Å²) in [6, 6.07) is 5.78. The zero-order valence-electron chi connectivity index (χ0n) is 11.8. The lowest BCUT2D eigenvalue weighted by Crippen LogP contribution is -2.46. The van der Waals surface area contributed by atoms with Crippen LogP contribution in [-0.4, -0.2) is 36.2 Å². The van der Waals surface area contributed by atoms with Gasteiger partial charge in [0.05, 0.1) is 0 Å². The summed E-state index contributed by atoms with van der Waals surface area (Å²) < 4.78 is 0. The molecule has 1 aliphatic heterocycles. The van der Waals surface area contributed by atoms with E-state index in [1.165, 1.54) is 25.7 Å². The predicted octanol–water partition coefficient (Wildman–Crippen LogP) is 3.18. The summed E-state index contributed by atoms with van der Waals surface area (Å²) in [5, 5.41) is 14.4. The fourth-order valence-electron chi connectivity index (χ4n) is 3.74. The third kappa shape index (κ3) is 2.95. The number of rotatable bonds is 3. The average molecular weight is 295 g/mol. The van der Waals surface area contributed by atoms with Gasteiger partial charge < -0.3 is 10.4 Å². The van der Waals surface area contributed by atoms with Crippen LogP contribution in [0.4, 0.5) is 0 Å². The molecule has 3 nitrogen and oxygen atoms in total. The molecule has 1 heterocycles. The standard InChI is InChI=1S/C16H23ClN2O/c17-13-5-6-15(20)14(11-13)16(12-3-1-2-4-12)19-9-7-18-8-10-19/h5-6,11-12,16,18,20H,1-4,7-10H2/t16-/m0/s1. The molecule has 0 aromatic heterocycles. The maximum Gasteiger partial charge on any atom is 0.120 e. The van der Waals surface area contributed by atoms with E-state index in [1.54, 1.807) is 12.1 Å². The van der Waals surface area contributed by atoms with Gasteiger partial charge in [-0.25, -0.2) is 0 Å². The summed E-state index contributed by atoms with van der Waals surface area (Å²) in [4.78, 5) is 2.53. The summed E-state index contributed by atoms with van der Waals surface area (Å²) >= 11 is 6.16. The molecule has 110 valence electrons. The van der Waals surface area contributed by atoms with E-state index in [0.717, 1.165) is 36.8 Å². The van der Waals surface area contributed by atoms with E-state index < -0.39 is 0 Å². The van der Waals surface area contributed by atoms with Crippen LogP contribution < -0.4 is 5.32 Å². The number of aromatic hydroxyl groups is 1. The van der Waals surface area contributed by atoms with E-state index in [9.17, 15) is 5.11 Å². The Bertz CT molecular complexity index is 454. The normalized spacial score (nSPS) is 23.1. The number of benzene rings is 1. The molecule has 3 rings (SSSR count). The number of halogens is 1. The van der Waals surface area contributed by atoms with Crippen molar-refractivity contribution in [2.45, 2.75) is 31.7 Å². The molecular weight excluding hydrogens is 272 g/mol. The van der Waals surface area contributed by atoms with Gasteiger partial charge >= 0.3 is 0 Å². The van der Waals surface area contributed by atoms with Crippen molar-refractivity contribution in [3.05, 3.63) is 28.8 Å². The Labute approximate surface area is 125 Å². The fraction of sp³-hybridized carbons (Fsp3) is 0.625. The van der Waals surface area contributed by atoms with Crippen LogP contribution in [0.3, 0.4) is 0 Å². The van der Waals surface area contributed by atoms with Crippen molar-refractivity contribution in [2.75, 3.05) is 26.2 Å². The summed E-state index contributed by atoms with van der Waals surface area (Å²) in [5.41, 5.74) is 1.02. The summed E-state index contributed by atoms with van der Waals surface area (Å²) in [6.45, 7) is 4.16. The van der Waals surface area contributed by atoms with Gasteiger partial charge in [0.2, 0.25) is 0 Å². The molecule has 4 heteroatoms. The van der Waals surface area contributed by atoms with Crippen LogP contribution in [0.25, 0.3) is 0 Å². The highest BCUT2D eigenvalue weighted by Crippen LogP contribution is 2.43. The number of hydrogen-bond donors (Lipinski definition) is 2. The smallest absolute Gasteiger partial charge is 0.120 e. The zero-order chi connectivity index (χ0) is 13.9. The fourth-order valence-corrected chi connectivity index (χ4v) is 3.93. The molecule has 2 fully saturated rings. The Hall–Kier alpha value is -0.770. The molecule has 20 heavy (non-hydrogen) atoms. The summed E-state index contributed by atoms with van der Waals surface area (Å²) in [5.74, 6) is 1.04. The molecule has 1 saturated heterocycles. The van der Waals surface area contributed by atoms with Gasteiger partial charge in [-0.05, 0) is 37.0 Å². The van der Waals surface area contributed by atoms with Gasteiger partial charge in [0.1, 0.15) is 5.75 Å². The first-order chi connectivity index (χ1) is 9.75. The molecule has 0 amide bonds. The zero-order valence-corrected chi connectivity index (χ0v) is 12.6. The molecule has 1 aliphatic carbocycles. The van der Waals surface area contributed by atoms with E-state index in [2.05, 4.69) is 10.2 Å². The first-order valence-corrected chi connectivity index (χ1v) is 8.06. The molecular formula is C16H23ClN2O. The molecule has 1 saturated carbocycles. The van der Waals surface area contributed by atoms with Crippen LogP contribution >= 0.6 is 11.6 Å². The predicted molar refractivity (Wildman–Crippen MR) is 82.3 cm³/mol. The van der Waals surface area contributed by atoms with Crippen LogP contribution in [0.1, 0.15) is 37.3 Å². The number of nitrogens with zero attached hydrogens (tertiary/aromatic N) is 1. The first-order valence-electron chi connectivity index (χ1n) is 7.69. The van der Waals surface area contributed by atoms with Crippen molar-refractivity contribution >= 4 is 11.6 Å². The molecule has 1 aromatic carbocycles. The lowest BCUT2D eigenvalue weighted by Gasteiger charge is -2.39. The van der Waals surface area contributed by atoms with Crippen molar-refractivity contribution in [3.63, 3.8) is 0 Å². The van der Waals surface area contributed by atoms with E-state index in [-0.39, 0.29) is 0 Å². The van der Waals surface area contributed by atoms with E-state index in [4.69, 9.17) is 11.6 Å². The largest absolute Gasteiger partial charge is 0.508 e. The Kier molecular flexibility index (Phi) is 4.49. The molecule has 1 aromatic rings. The van der Waals surface area contributed by atoms with Gasteiger partial charge in [-0.1, -0.05) is 24.4 Å². The third-order valence-corrected chi connectivity index (χ3v) is 4.93. The van der Waals surface area contributed by atoms with Crippen LogP contribution in [-0.2, 0) is 0 Å². The minimum Gasteiger partial charge on any atom is -0.508 e. The van der Waals surface area contributed by atoms with Gasteiger partial charge in [0, 0.05) is 42.8 Å². The maximum atomic E-state index is 10.3. The van der Waals surface area contributed by atoms with Gasteiger partial charge in [0.15, 0.2) is 0 Å². The molecule has 0 unspecified atom stereocenters. The number of nitrogens with one attached hydrogen (secondary N) is 1. The van der Waals surface area contributed by atoms with Gasteiger partial charge in [-0.15, -0.1) is 0 Å². The molecule has 1 atom stereocenters. The monoisotopic (exact) mass is 294 g/mol. The van der Waals surface area contributed by atoms with Crippen molar-refractivity contribution in [3.8, 4) is 5.75 Å². The lowest BCUT2D eigenvalue weighted by atomic mass is 9.89. The molecule has 0 spiro atoms. The topological polar surface area (TPSA) is 35.5 Å². The molecule has 0 radical (unpaired) electrons. The first kappa shape index (κ1) is 14.2. The molecule has 2 aliphatic rings. The third-order valence-electron chi connectivity index (χ3n) is 4.70. The second-order valence-corrected chi connectivity index (χ2v) is 6.41. The minimum atomic E-state index is 0.318. The van der Waals surface area contributed by atoms with Crippen LogP contribution in [0.2, 0.25) is 5.02 Å². The van der Waals surface area contributed by atoms with Crippen molar-refractivity contribution < 1.29 is 5.11 Å². The number of piperazine rings is 1. The number of phenolic OH excluding ortho intramolecular Hbond substituents is 1. The van der Waals surface area contributed by atoms with Crippen LogP contribution in [0.5, 0.6) is 5.75 Å². The Morgan fingerprint density at radius 2 is 1.90 bits per heavy atom. The van der Waals surface area contributed by atoms with E-state index >= 15 is 0 Å². The second kappa shape index (κ2) is 6.33. The SMILES string of the molecule is Oc1ccc(Cl)cc1[C@H](C1CCCC1)N1CCNCC1. The van der Waals surface area contributed by atoms with Gasteiger partial charge in [-0.2, -0.15) is 0 Å². The number of phenols is 1. The Balaban J connectivity index is 1.92. The Morgan fingerprint density at radius 3 is 2.60 bits per heavy atom. The second-order valence-electron chi connectivity index (χ2n) is 5.98. The van der Waals surface area contributed by atoms with E-state index in [1.807, 2.05) is 6.07 Å².